The number of aliphatic hydroxyl groups excluding tert-OH is 1. The highest BCUT2D eigenvalue weighted by Gasteiger charge is 2.56. The normalized spacial score (nSPS) is 44.3. The molecule has 22 heavy (non-hydrogen) atoms. The van der Waals surface area contributed by atoms with Gasteiger partial charge in [-0.25, -0.2) is 0 Å². The zero-order valence-electron chi connectivity index (χ0n) is 13.9. The highest BCUT2D eigenvalue weighted by Crippen LogP contribution is 2.61. The SMILES string of the molecule is CC[C@@H]1C[C@H]2[C@@H]3CCC4=CC(=O)CCC4=C3CC[C@]2(C)[C@H]1O. The molecule has 2 heteroatoms. The average molecular weight is 300 g/mol. The lowest BCUT2D eigenvalue weighted by Crippen LogP contribution is -2.42. The molecule has 0 spiro atoms. The van der Waals surface area contributed by atoms with E-state index in [0.29, 0.717) is 30.0 Å². The molecule has 4 aliphatic carbocycles. The zero-order chi connectivity index (χ0) is 15.5. The summed E-state index contributed by atoms with van der Waals surface area (Å²) in [5, 5.41) is 10.8. The number of carbonyl (C=O) groups excluding carboxylic acids is 1. The quantitative estimate of drug-likeness (QED) is 0.788. The Morgan fingerprint density at radius 2 is 2.09 bits per heavy atom. The van der Waals surface area contributed by atoms with Crippen LogP contribution in [0.15, 0.2) is 22.8 Å². The number of ketones is 1. The molecule has 4 aliphatic rings. The molecule has 0 aromatic heterocycles. The highest BCUT2D eigenvalue weighted by atomic mass is 16.3. The molecule has 2 saturated carbocycles. The van der Waals surface area contributed by atoms with Gasteiger partial charge in [-0.05, 0) is 78.9 Å². The predicted molar refractivity (Wildman–Crippen MR) is 87.3 cm³/mol. The second kappa shape index (κ2) is 5.06. The molecule has 0 amide bonds. The summed E-state index contributed by atoms with van der Waals surface area (Å²) in [5.41, 5.74) is 4.67. The molecule has 0 aliphatic heterocycles. The van der Waals surface area contributed by atoms with Crippen LogP contribution in [-0.2, 0) is 4.79 Å². The van der Waals surface area contributed by atoms with Crippen LogP contribution in [-0.4, -0.2) is 17.0 Å². The van der Waals surface area contributed by atoms with E-state index in [9.17, 15) is 9.90 Å². The monoisotopic (exact) mass is 300 g/mol. The van der Waals surface area contributed by atoms with Gasteiger partial charge in [0.25, 0.3) is 0 Å². The van der Waals surface area contributed by atoms with Crippen LogP contribution < -0.4 is 0 Å². The lowest BCUT2D eigenvalue weighted by atomic mass is 9.57. The van der Waals surface area contributed by atoms with Crippen LogP contribution >= 0.6 is 0 Å². The van der Waals surface area contributed by atoms with Gasteiger partial charge in [-0.3, -0.25) is 4.79 Å². The van der Waals surface area contributed by atoms with Crippen LogP contribution in [0.5, 0.6) is 0 Å². The van der Waals surface area contributed by atoms with Crippen molar-refractivity contribution in [1.82, 2.24) is 0 Å². The van der Waals surface area contributed by atoms with Gasteiger partial charge >= 0.3 is 0 Å². The molecular formula is C20H28O2. The molecule has 2 nitrogen and oxygen atoms in total. The second-order valence-corrected chi connectivity index (χ2v) is 8.25. The van der Waals surface area contributed by atoms with Crippen molar-refractivity contribution in [2.75, 3.05) is 0 Å². The minimum atomic E-state index is -0.112. The molecule has 2 fully saturated rings. The van der Waals surface area contributed by atoms with Gasteiger partial charge in [0.05, 0.1) is 6.10 Å². The standard InChI is InChI=1S/C20H28O2/c1-3-12-11-18-17-6-4-13-10-14(21)5-7-15(13)16(17)8-9-20(18,2)19(12)22/h10,12,17-19,22H,3-9,11H2,1-2H3/t12-,17-,18+,19+,20+/m1/s1. The molecule has 5 atom stereocenters. The van der Waals surface area contributed by atoms with Crippen molar-refractivity contribution >= 4 is 5.78 Å². The lowest BCUT2D eigenvalue weighted by Gasteiger charge is -2.48. The molecule has 1 N–H and O–H groups in total. The summed E-state index contributed by atoms with van der Waals surface area (Å²) in [6.07, 6.45) is 10.3. The van der Waals surface area contributed by atoms with E-state index >= 15 is 0 Å². The van der Waals surface area contributed by atoms with Gasteiger partial charge in [-0.15, -0.1) is 0 Å². The number of hydrogen-bond acceptors (Lipinski definition) is 2. The van der Waals surface area contributed by atoms with Crippen LogP contribution in [0.3, 0.4) is 0 Å². The third-order valence-electron chi connectivity index (χ3n) is 7.37. The summed E-state index contributed by atoms with van der Waals surface area (Å²) < 4.78 is 0. The van der Waals surface area contributed by atoms with Crippen LogP contribution in [0, 0.1) is 23.2 Å². The minimum Gasteiger partial charge on any atom is -0.392 e. The van der Waals surface area contributed by atoms with Crippen molar-refractivity contribution in [2.24, 2.45) is 23.2 Å². The van der Waals surface area contributed by atoms with Gasteiger partial charge in [0.1, 0.15) is 0 Å². The van der Waals surface area contributed by atoms with Crippen LogP contribution in [0.2, 0.25) is 0 Å². The lowest BCUT2D eigenvalue weighted by molar-refractivity contribution is -0.114. The van der Waals surface area contributed by atoms with Gasteiger partial charge in [0, 0.05) is 6.42 Å². The van der Waals surface area contributed by atoms with E-state index in [-0.39, 0.29) is 11.5 Å². The minimum absolute atomic E-state index is 0.112. The van der Waals surface area contributed by atoms with Gasteiger partial charge in [-0.2, -0.15) is 0 Å². The maximum atomic E-state index is 11.7. The maximum absolute atomic E-state index is 11.7. The molecule has 0 unspecified atom stereocenters. The van der Waals surface area contributed by atoms with E-state index in [0.717, 1.165) is 32.1 Å². The summed E-state index contributed by atoms with van der Waals surface area (Å²) in [6.45, 7) is 4.57. The summed E-state index contributed by atoms with van der Waals surface area (Å²) in [5.74, 6) is 2.14. The highest BCUT2D eigenvalue weighted by molar-refractivity contribution is 5.93. The molecule has 0 aromatic carbocycles. The fourth-order valence-corrected chi connectivity index (χ4v) is 6.07. The van der Waals surface area contributed by atoms with Gasteiger partial charge in [0.15, 0.2) is 5.78 Å². The van der Waals surface area contributed by atoms with Crippen molar-refractivity contribution < 1.29 is 9.90 Å². The molecule has 4 rings (SSSR count). The van der Waals surface area contributed by atoms with Crippen LogP contribution in [0.25, 0.3) is 0 Å². The van der Waals surface area contributed by atoms with E-state index in [2.05, 4.69) is 13.8 Å². The largest absolute Gasteiger partial charge is 0.392 e. The summed E-state index contributed by atoms with van der Waals surface area (Å²) in [6, 6.07) is 0. The second-order valence-electron chi connectivity index (χ2n) is 8.25. The molecule has 0 heterocycles. The third kappa shape index (κ3) is 1.92. The van der Waals surface area contributed by atoms with Crippen molar-refractivity contribution in [1.29, 1.82) is 0 Å². The fourth-order valence-electron chi connectivity index (χ4n) is 6.07. The Balaban J connectivity index is 1.72. The smallest absolute Gasteiger partial charge is 0.156 e. The Bertz CT molecular complexity index is 570. The van der Waals surface area contributed by atoms with Crippen LogP contribution in [0.1, 0.15) is 65.2 Å². The molecular weight excluding hydrogens is 272 g/mol. The number of allylic oxidation sites excluding steroid dienone is 4. The Morgan fingerprint density at radius 1 is 1.27 bits per heavy atom. The Hall–Kier alpha value is -0.890. The van der Waals surface area contributed by atoms with Gasteiger partial charge in [-0.1, -0.05) is 25.8 Å². The Labute approximate surface area is 133 Å². The van der Waals surface area contributed by atoms with E-state index in [1.165, 1.54) is 24.0 Å². The van der Waals surface area contributed by atoms with Crippen molar-refractivity contribution in [2.45, 2.75) is 71.3 Å². The topological polar surface area (TPSA) is 37.3 Å². The Morgan fingerprint density at radius 3 is 2.86 bits per heavy atom. The number of rotatable bonds is 1. The number of hydrogen-bond donors (Lipinski definition) is 1. The summed E-state index contributed by atoms with van der Waals surface area (Å²) in [4.78, 5) is 11.7. The van der Waals surface area contributed by atoms with Crippen molar-refractivity contribution in [3.8, 4) is 0 Å². The summed E-state index contributed by atoms with van der Waals surface area (Å²) >= 11 is 0. The zero-order valence-corrected chi connectivity index (χ0v) is 13.9. The van der Waals surface area contributed by atoms with Crippen molar-refractivity contribution in [3.63, 3.8) is 0 Å². The van der Waals surface area contributed by atoms with E-state index in [4.69, 9.17) is 0 Å². The number of aliphatic hydroxyl groups is 1. The first-order chi connectivity index (χ1) is 10.5. The van der Waals surface area contributed by atoms with Crippen molar-refractivity contribution in [3.05, 3.63) is 22.8 Å². The molecule has 0 radical (unpaired) electrons. The first-order valence-electron chi connectivity index (χ1n) is 9.18. The fraction of sp³-hybridized carbons (Fsp3) is 0.750. The number of fused-ring (bicyclic) bond motifs is 4. The molecule has 0 saturated heterocycles. The van der Waals surface area contributed by atoms with E-state index in [1.54, 1.807) is 5.57 Å². The van der Waals surface area contributed by atoms with Gasteiger partial charge < -0.3 is 5.11 Å². The van der Waals surface area contributed by atoms with E-state index in [1.807, 2.05) is 6.08 Å². The molecule has 120 valence electrons. The first kappa shape index (κ1) is 14.7. The van der Waals surface area contributed by atoms with Gasteiger partial charge in [0.2, 0.25) is 0 Å². The number of carbonyl (C=O) groups is 1. The first-order valence-corrected chi connectivity index (χ1v) is 9.18. The predicted octanol–water partition coefficient (Wildman–Crippen LogP) is 4.19. The maximum Gasteiger partial charge on any atom is 0.156 e. The van der Waals surface area contributed by atoms with E-state index < -0.39 is 0 Å². The molecule has 0 bridgehead atoms. The average Bonchev–Trinajstić information content (AvgIpc) is 2.78. The summed E-state index contributed by atoms with van der Waals surface area (Å²) in [7, 11) is 0. The molecule has 0 aromatic rings. The third-order valence-corrected chi connectivity index (χ3v) is 7.37. The van der Waals surface area contributed by atoms with Crippen LogP contribution in [0.4, 0.5) is 0 Å². The Kier molecular flexibility index (Phi) is 3.38.